The predicted octanol–water partition coefficient (Wildman–Crippen LogP) is 16.7. The number of ether oxygens (including phenoxy) is 2. The lowest BCUT2D eigenvalue weighted by Crippen LogP contribution is -2.27. The molecule has 0 fully saturated rings. The summed E-state index contributed by atoms with van der Waals surface area (Å²) < 4.78 is 10.2. The fourth-order valence-corrected chi connectivity index (χ4v) is 7.06. The summed E-state index contributed by atoms with van der Waals surface area (Å²) >= 11 is 0. The van der Waals surface area contributed by atoms with Crippen LogP contribution in [0.1, 0.15) is 252 Å². The third kappa shape index (κ3) is 68.4. The lowest BCUT2D eigenvalue weighted by atomic mass is 10.0. The van der Waals surface area contributed by atoms with Crippen molar-refractivity contribution in [3.8, 4) is 0 Å². The molecule has 352 valence electrons. The summed E-state index contributed by atoms with van der Waals surface area (Å²) in [4.78, 5) is 12.4. The van der Waals surface area contributed by atoms with Crippen LogP contribution in [0.25, 0.3) is 0 Å². The van der Waals surface area contributed by atoms with Crippen LogP contribution >= 0.6 is 0 Å². The van der Waals surface area contributed by atoms with Crippen molar-refractivity contribution in [2.24, 2.45) is 0 Å². The van der Waals surface area contributed by atoms with Gasteiger partial charge in [-0.15, -0.1) is 11.5 Å². The van der Waals surface area contributed by atoms with E-state index in [9.17, 15) is 4.79 Å². The molecule has 0 heterocycles. The highest BCUT2D eigenvalue weighted by molar-refractivity contribution is 5.36. The third-order valence-electron chi connectivity index (χ3n) is 10.8. The molecule has 0 radical (unpaired) electrons. The zero-order valence-electron chi connectivity index (χ0n) is 41.5. The average Bonchev–Trinajstić information content (AvgIpc) is 3.24. The molecule has 5 heteroatoms. The number of hydrogen-bond acceptors (Lipinski definition) is 5. The van der Waals surface area contributed by atoms with Gasteiger partial charge in [-0.05, 0) is 104 Å². The van der Waals surface area contributed by atoms with Crippen LogP contribution in [0, 0.1) is 0 Å². The molecule has 0 aliphatic heterocycles. The molecule has 0 aliphatic carbocycles. The standard InChI is InChI=1S/C24H43N.C18H38O.C10H20O2.C2H7N/c1-4-7-10-13-15-16-18-21-24-25(22-19-12-9-6-3)23-20-17-14-11-8-5-2;1-4-6-8-10-12-14-16-18(19-3)17-15-13-11-9-7-5-2;1-2-3-4-5-6-7-8-9-12-10-11;1-3-2/h7,9H,1,3,5,8,10-24H2,2H3;18H,4-17H2,1-3H3;10H,2-9H2,1H3;3H,1-2H3. The molecule has 0 bridgehead atoms. The molecule has 5 nitrogen and oxygen atoms in total. The molecule has 1 N–H and O–H groups in total. The van der Waals surface area contributed by atoms with E-state index in [1.165, 1.54) is 225 Å². The number of hydrogen-bond donors (Lipinski definition) is 1. The Hall–Kier alpha value is -1.61. The average molecular weight is 833 g/mol. The van der Waals surface area contributed by atoms with Gasteiger partial charge < -0.3 is 19.7 Å². The molecule has 0 aliphatic rings. The fraction of sp³-hybridized carbons (Fsp3) is 0.870. The Morgan fingerprint density at radius 1 is 0.492 bits per heavy atom. The Morgan fingerprint density at radius 3 is 1.19 bits per heavy atom. The Morgan fingerprint density at radius 2 is 0.814 bits per heavy atom. The Bertz CT molecular complexity index is 804. The van der Waals surface area contributed by atoms with E-state index >= 15 is 0 Å². The highest BCUT2D eigenvalue weighted by Gasteiger charge is 2.07. The molecule has 0 unspecified atom stereocenters. The van der Waals surface area contributed by atoms with Gasteiger partial charge in [-0.2, -0.15) is 0 Å². The Kier molecular flexibility index (Phi) is 71.1. The van der Waals surface area contributed by atoms with Gasteiger partial charge in [0.15, 0.2) is 0 Å². The first kappa shape index (κ1) is 64.0. The Labute approximate surface area is 372 Å². The van der Waals surface area contributed by atoms with Gasteiger partial charge in [-0.25, -0.2) is 0 Å². The van der Waals surface area contributed by atoms with Gasteiger partial charge in [0.25, 0.3) is 6.47 Å². The number of unbranched alkanes of at least 4 members (excludes halogenated alkanes) is 27. The summed E-state index contributed by atoms with van der Waals surface area (Å²) in [5, 5.41) is 2.75. The summed E-state index contributed by atoms with van der Waals surface area (Å²) in [6, 6.07) is 0. The van der Waals surface area contributed by atoms with Crippen LogP contribution in [0.4, 0.5) is 0 Å². The van der Waals surface area contributed by atoms with Crippen molar-refractivity contribution in [1.29, 1.82) is 0 Å². The van der Waals surface area contributed by atoms with Crippen LogP contribution < -0.4 is 5.32 Å². The zero-order valence-corrected chi connectivity index (χ0v) is 41.5. The third-order valence-corrected chi connectivity index (χ3v) is 10.8. The van der Waals surface area contributed by atoms with Gasteiger partial charge in [-0.1, -0.05) is 208 Å². The first-order chi connectivity index (χ1) is 29.0. The molecule has 0 saturated carbocycles. The normalized spacial score (nSPS) is 10.4. The molecule has 0 spiro atoms. The molecule has 59 heavy (non-hydrogen) atoms. The van der Waals surface area contributed by atoms with E-state index in [0.717, 1.165) is 19.3 Å². The molecular weight excluding hydrogens is 725 g/mol. The number of allylic oxidation sites excluding steroid dienone is 2. The van der Waals surface area contributed by atoms with Gasteiger partial charge in [-0.3, -0.25) is 4.79 Å². The SMILES string of the molecule is C=C=CCCCCCCCN(CCCC=C=C)CCCCCCCC.CCCCCCCCC(CCCCCCCC)OC.CCCCCCCCCOC=O.CNC. The van der Waals surface area contributed by atoms with Crippen LogP contribution in [0.2, 0.25) is 0 Å². The number of carbonyl (C=O) groups is 1. The zero-order chi connectivity index (χ0) is 44.4. The molecular formula is C54H108N2O3. The van der Waals surface area contributed by atoms with Crippen molar-refractivity contribution in [3.63, 3.8) is 0 Å². The van der Waals surface area contributed by atoms with Gasteiger partial charge in [0.2, 0.25) is 0 Å². The van der Waals surface area contributed by atoms with Crippen LogP contribution in [-0.2, 0) is 14.3 Å². The van der Waals surface area contributed by atoms with Crippen LogP contribution in [0.3, 0.4) is 0 Å². The minimum atomic E-state index is 0.525. The van der Waals surface area contributed by atoms with Gasteiger partial charge >= 0.3 is 0 Å². The maximum atomic E-state index is 9.76. The van der Waals surface area contributed by atoms with Crippen molar-refractivity contribution in [2.45, 2.75) is 259 Å². The summed E-state index contributed by atoms with van der Waals surface area (Å²) in [5.74, 6) is 0. The second kappa shape index (κ2) is 65.5. The fourth-order valence-electron chi connectivity index (χ4n) is 7.06. The van der Waals surface area contributed by atoms with E-state index < -0.39 is 0 Å². The number of nitrogens with zero attached hydrogens (tertiary/aromatic N) is 1. The van der Waals surface area contributed by atoms with Crippen LogP contribution in [0.5, 0.6) is 0 Å². The summed E-state index contributed by atoms with van der Waals surface area (Å²) in [7, 11) is 5.64. The second-order valence-electron chi connectivity index (χ2n) is 16.7. The summed E-state index contributed by atoms with van der Waals surface area (Å²) in [6.07, 6.45) is 51.3. The van der Waals surface area contributed by atoms with Crippen molar-refractivity contribution >= 4 is 6.47 Å². The molecule has 0 aromatic heterocycles. The van der Waals surface area contributed by atoms with E-state index in [1.54, 1.807) is 0 Å². The molecule has 0 aromatic rings. The van der Waals surface area contributed by atoms with E-state index in [1.807, 2.05) is 21.2 Å². The second-order valence-corrected chi connectivity index (χ2v) is 16.7. The van der Waals surface area contributed by atoms with E-state index in [0.29, 0.717) is 19.2 Å². The van der Waals surface area contributed by atoms with Gasteiger partial charge in [0.1, 0.15) is 0 Å². The first-order valence-electron chi connectivity index (χ1n) is 25.6. The van der Waals surface area contributed by atoms with E-state index in [2.05, 4.69) is 79.4 Å². The lowest BCUT2D eigenvalue weighted by molar-refractivity contribution is -0.128. The van der Waals surface area contributed by atoms with Crippen molar-refractivity contribution in [1.82, 2.24) is 10.2 Å². The van der Waals surface area contributed by atoms with Crippen LogP contribution in [-0.4, -0.2) is 64.9 Å². The first-order valence-corrected chi connectivity index (χ1v) is 25.6. The lowest BCUT2D eigenvalue weighted by Gasteiger charge is -2.22. The highest BCUT2D eigenvalue weighted by Crippen LogP contribution is 2.16. The number of methoxy groups -OCH3 is 1. The van der Waals surface area contributed by atoms with Crippen molar-refractivity contribution < 1.29 is 14.3 Å². The number of nitrogens with one attached hydrogen (secondary N) is 1. The molecule has 0 aromatic carbocycles. The minimum absolute atomic E-state index is 0.525. The maximum Gasteiger partial charge on any atom is 0.293 e. The monoisotopic (exact) mass is 833 g/mol. The summed E-state index contributed by atoms with van der Waals surface area (Å²) in [5.41, 5.74) is 5.75. The van der Waals surface area contributed by atoms with E-state index in [-0.39, 0.29) is 0 Å². The van der Waals surface area contributed by atoms with Gasteiger partial charge in [0.05, 0.1) is 12.7 Å². The van der Waals surface area contributed by atoms with Crippen LogP contribution in [0.15, 0.2) is 36.8 Å². The maximum absolute atomic E-state index is 9.76. The van der Waals surface area contributed by atoms with Crippen molar-refractivity contribution in [3.05, 3.63) is 36.8 Å². The topological polar surface area (TPSA) is 50.8 Å². The van der Waals surface area contributed by atoms with Gasteiger partial charge in [0, 0.05) is 7.11 Å². The number of rotatable bonds is 43. The minimum Gasteiger partial charge on any atom is -0.468 e. The molecule has 0 amide bonds. The van der Waals surface area contributed by atoms with Crippen molar-refractivity contribution in [2.75, 3.05) is 47.4 Å². The predicted molar refractivity (Wildman–Crippen MR) is 266 cm³/mol. The van der Waals surface area contributed by atoms with E-state index in [4.69, 9.17) is 4.74 Å². The molecule has 0 rings (SSSR count). The highest BCUT2D eigenvalue weighted by atomic mass is 16.5. The largest absolute Gasteiger partial charge is 0.468 e. The molecule has 0 atom stereocenters. The summed E-state index contributed by atoms with van der Waals surface area (Å²) in [6.45, 7) is 21.2. The molecule has 0 saturated heterocycles. The quantitative estimate of drug-likeness (QED) is 0.0377. The Balaban J connectivity index is -0.000000392. The number of carbonyl (C=O) groups excluding carboxylic acids is 1. The smallest absolute Gasteiger partial charge is 0.293 e.